The van der Waals surface area contributed by atoms with Crippen molar-refractivity contribution >= 4 is 34.4 Å². The molecule has 0 atom stereocenters. The van der Waals surface area contributed by atoms with Gasteiger partial charge in [-0.3, -0.25) is 4.79 Å². The molecule has 0 spiro atoms. The fourth-order valence-electron chi connectivity index (χ4n) is 3.95. The average molecular weight is 430 g/mol. The van der Waals surface area contributed by atoms with Crippen LogP contribution in [-0.2, 0) is 11.3 Å². The fraction of sp³-hybridized carbons (Fsp3) is 0.231. The quantitative estimate of drug-likeness (QED) is 0.366. The summed E-state index contributed by atoms with van der Waals surface area (Å²) in [6.07, 6.45) is 0. The highest BCUT2D eigenvalue weighted by atomic mass is 32.2. The molecule has 4 rings (SSSR count). The predicted octanol–water partition coefficient (Wildman–Crippen LogP) is 5.76. The van der Waals surface area contributed by atoms with Crippen LogP contribution in [0, 0.1) is 20.8 Å². The van der Waals surface area contributed by atoms with E-state index in [2.05, 4.69) is 43.5 Å². The first-order valence-electron chi connectivity index (χ1n) is 10.4. The maximum absolute atomic E-state index is 12.8. The number of aromatic nitrogens is 2. The summed E-state index contributed by atoms with van der Waals surface area (Å²) in [7, 11) is 1.82. The molecule has 1 heterocycles. The molecular formula is C26H27N3OS. The first-order chi connectivity index (χ1) is 14.9. The van der Waals surface area contributed by atoms with E-state index in [1.165, 1.54) is 34.0 Å². The second-order valence-corrected chi connectivity index (χ2v) is 8.87. The number of carbonyl (C=O) groups excluding carboxylic acids is 1. The predicted molar refractivity (Wildman–Crippen MR) is 130 cm³/mol. The van der Waals surface area contributed by atoms with Gasteiger partial charge < -0.3 is 9.47 Å². The molecule has 31 heavy (non-hydrogen) atoms. The molecule has 1 aromatic heterocycles. The summed E-state index contributed by atoms with van der Waals surface area (Å²) in [6, 6.07) is 22.4. The Morgan fingerprint density at radius 3 is 2.32 bits per heavy atom. The number of carbonyl (C=O) groups is 1. The summed E-state index contributed by atoms with van der Waals surface area (Å²) in [6.45, 7) is 7.20. The SMILES string of the molecule is Cc1cc(C)c(Cn2c(SCC(=O)N(C)c3ccccc3)nc3ccccc32)c(C)c1. The van der Waals surface area contributed by atoms with Gasteiger partial charge in [0.25, 0.3) is 0 Å². The van der Waals surface area contributed by atoms with Crippen LogP contribution in [0.5, 0.6) is 0 Å². The van der Waals surface area contributed by atoms with Crippen molar-refractivity contribution in [2.75, 3.05) is 17.7 Å². The van der Waals surface area contributed by atoms with Gasteiger partial charge in [0.1, 0.15) is 0 Å². The molecule has 0 fully saturated rings. The summed E-state index contributed by atoms with van der Waals surface area (Å²) in [5, 5.41) is 0.871. The lowest BCUT2D eigenvalue weighted by Crippen LogP contribution is -2.28. The third-order valence-electron chi connectivity index (χ3n) is 5.62. The van der Waals surface area contributed by atoms with Gasteiger partial charge in [-0.2, -0.15) is 0 Å². The van der Waals surface area contributed by atoms with Crippen LogP contribution < -0.4 is 4.90 Å². The number of nitrogens with zero attached hydrogens (tertiary/aromatic N) is 3. The number of fused-ring (bicyclic) bond motifs is 1. The van der Waals surface area contributed by atoms with E-state index in [0.717, 1.165) is 28.4 Å². The van der Waals surface area contributed by atoms with Gasteiger partial charge in [-0.1, -0.05) is 59.8 Å². The van der Waals surface area contributed by atoms with Crippen LogP contribution in [0.2, 0.25) is 0 Å². The fourth-order valence-corrected chi connectivity index (χ4v) is 4.88. The molecule has 1 amide bonds. The van der Waals surface area contributed by atoms with E-state index in [1.807, 2.05) is 55.6 Å². The maximum Gasteiger partial charge on any atom is 0.237 e. The highest BCUT2D eigenvalue weighted by Crippen LogP contribution is 2.28. The van der Waals surface area contributed by atoms with E-state index in [9.17, 15) is 4.79 Å². The minimum atomic E-state index is 0.0532. The number of hydrogen-bond donors (Lipinski definition) is 0. The summed E-state index contributed by atoms with van der Waals surface area (Å²) in [5.41, 5.74) is 8.09. The number of para-hydroxylation sites is 3. The number of rotatable bonds is 6. The van der Waals surface area contributed by atoms with Crippen LogP contribution in [0.25, 0.3) is 11.0 Å². The zero-order valence-corrected chi connectivity index (χ0v) is 19.2. The average Bonchev–Trinajstić information content (AvgIpc) is 3.12. The molecule has 3 aromatic carbocycles. The zero-order chi connectivity index (χ0) is 22.0. The Labute approximate surface area is 187 Å². The largest absolute Gasteiger partial charge is 0.315 e. The molecule has 158 valence electrons. The monoisotopic (exact) mass is 429 g/mol. The Balaban J connectivity index is 1.62. The van der Waals surface area contributed by atoms with E-state index in [1.54, 1.807) is 4.90 Å². The van der Waals surface area contributed by atoms with E-state index in [4.69, 9.17) is 4.98 Å². The van der Waals surface area contributed by atoms with Gasteiger partial charge in [0.2, 0.25) is 5.91 Å². The molecule has 4 aromatic rings. The molecule has 0 aliphatic heterocycles. The molecule has 0 bridgehead atoms. The Hall–Kier alpha value is -3.05. The standard InChI is InChI=1S/C26H27N3OS/c1-18-14-19(2)22(20(3)15-18)16-29-24-13-9-8-12-23(24)27-26(29)31-17-25(30)28(4)21-10-6-5-7-11-21/h5-15H,16-17H2,1-4H3. The topological polar surface area (TPSA) is 38.1 Å². The van der Waals surface area contributed by atoms with Crippen molar-refractivity contribution in [1.82, 2.24) is 9.55 Å². The second kappa shape index (κ2) is 8.98. The van der Waals surface area contributed by atoms with Gasteiger partial charge in [-0.05, 0) is 61.7 Å². The molecule has 0 saturated carbocycles. The first kappa shape index (κ1) is 21.2. The highest BCUT2D eigenvalue weighted by molar-refractivity contribution is 7.99. The highest BCUT2D eigenvalue weighted by Gasteiger charge is 2.17. The van der Waals surface area contributed by atoms with Gasteiger partial charge in [0.05, 0.1) is 23.3 Å². The molecule has 5 heteroatoms. The van der Waals surface area contributed by atoms with Crippen LogP contribution in [0.1, 0.15) is 22.3 Å². The maximum atomic E-state index is 12.8. The Morgan fingerprint density at radius 1 is 0.968 bits per heavy atom. The molecule has 0 radical (unpaired) electrons. The Bertz CT molecular complexity index is 1210. The number of benzene rings is 3. The first-order valence-corrected chi connectivity index (χ1v) is 11.4. The van der Waals surface area contributed by atoms with Crippen molar-refractivity contribution in [3.63, 3.8) is 0 Å². The van der Waals surface area contributed by atoms with Crippen molar-refractivity contribution in [3.05, 3.63) is 89.0 Å². The van der Waals surface area contributed by atoms with Gasteiger partial charge in [0.15, 0.2) is 5.16 Å². The van der Waals surface area contributed by atoms with Crippen LogP contribution in [-0.4, -0.2) is 28.3 Å². The molecule has 0 unspecified atom stereocenters. The van der Waals surface area contributed by atoms with Crippen molar-refractivity contribution in [3.8, 4) is 0 Å². The van der Waals surface area contributed by atoms with Gasteiger partial charge in [0, 0.05) is 12.7 Å². The minimum Gasteiger partial charge on any atom is -0.315 e. The van der Waals surface area contributed by atoms with E-state index in [0.29, 0.717) is 5.75 Å². The van der Waals surface area contributed by atoms with Crippen LogP contribution in [0.15, 0.2) is 71.9 Å². The normalized spacial score (nSPS) is 11.1. The summed E-state index contributed by atoms with van der Waals surface area (Å²) in [4.78, 5) is 19.4. The third kappa shape index (κ3) is 4.52. The Kier molecular flexibility index (Phi) is 6.14. The molecule has 0 aliphatic rings. The molecule has 0 aliphatic carbocycles. The van der Waals surface area contributed by atoms with Crippen molar-refractivity contribution in [1.29, 1.82) is 0 Å². The van der Waals surface area contributed by atoms with E-state index >= 15 is 0 Å². The van der Waals surface area contributed by atoms with Crippen LogP contribution in [0.4, 0.5) is 5.69 Å². The minimum absolute atomic E-state index is 0.0532. The summed E-state index contributed by atoms with van der Waals surface area (Å²) in [5.74, 6) is 0.387. The number of anilines is 1. The number of aryl methyl sites for hydroxylation is 3. The molecule has 0 N–H and O–H groups in total. The van der Waals surface area contributed by atoms with Crippen molar-refractivity contribution < 1.29 is 4.79 Å². The van der Waals surface area contributed by atoms with Crippen LogP contribution in [0.3, 0.4) is 0 Å². The van der Waals surface area contributed by atoms with Crippen molar-refractivity contribution in [2.24, 2.45) is 0 Å². The number of hydrogen-bond acceptors (Lipinski definition) is 3. The van der Waals surface area contributed by atoms with Crippen molar-refractivity contribution in [2.45, 2.75) is 32.5 Å². The number of thioether (sulfide) groups is 1. The lowest BCUT2D eigenvalue weighted by Gasteiger charge is -2.17. The van der Waals surface area contributed by atoms with Crippen LogP contribution >= 0.6 is 11.8 Å². The molecule has 0 saturated heterocycles. The van der Waals surface area contributed by atoms with Gasteiger partial charge in [-0.15, -0.1) is 0 Å². The lowest BCUT2D eigenvalue weighted by atomic mass is 10.00. The van der Waals surface area contributed by atoms with Gasteiger partial charge >= 0.3 is 0 Å². The zero-order valence-electron chi connectivity index (χ0n) is 18.4. The Morgan fingerprint density at radius 2 is 1.61 bits per heavy atom. The number of amides is 1. The van der Waals surface area contributed by atoms with E-state index < -0.39 is 0 Å². The summed E-state index contributed by atoms with van der Waals surface area (Å²) < 4.78 is 2.24. The summed E-state index contributed by atoms with van der Waals surface area (Å²) >= 11 is 1.50. The van der Waals surface area contributed by atoms with Gasteiger partial charge in [-0.25, -0.2) is 4.98 Å². The molecular weight excluding hydrogens is 402 g/mol. The number of imidazole rings is 1. The molecule has 4 nitrogen and oxygen atoms in total. The lowest BCUT2D eigenvalue weighted by molar-refractivity contribution is -0.115. The smallest absolute Gasteiger partial charge is 0.237 e. The van der Waals surface area contributed by atoms with E-state index in [-0.39, 0.29) is 5.91 Å². The second-order valence-electron chi connectivity index (χ2n) is 7.92. The third-order valence-corrected chi connectivity index (χ3v) is 6.58.